The van der Waals surface area contributed by atoms with Crippen LogP contribution in [0.3, 0.4) is 0 Å². The zero-order valence-electron chi connectivity index (χ0n) is 18.6. The number of nitrogens with one attached hydrogen (secondary N) is 1. The molecular weight excluding hydrogens is 413 g/mol. The third-order valence-electron chi connectivity index (χ3n) is 5.54. The van der Waals surface area contributed by atoms with E-state index in [1.165, 1.54) is 6.07 Å². The van der Waals surface area contributed by atoms with Crippen molar-refractivity contribution in [2.45, 2.75) is 39.2 Å². The second-order valence-corrected chi connectivity index (χ2v) is 9.15. The van der Waals surface area contributed by atoms with Crippen LogP contribution in [0, 0.1) is 12.7 Å². The molecular formula is C24H32FN3O2S. The number of hydrogen-bond donors (Lipinski definition) is 1. The lowest BCUT2D eigenvalue weighted by Crippen LogP contribution is -2.44. The van der Waals surface area contributed by atoms with Crippen LogP contribution >= 0.6 is 0 Å². The van der Waals surface area contributed by atoms with Gasteiger partial charge < -0.3 is 9.64 Å². The maximum Gasteiger partial charge on any atom is 0.128 e. The highest BCUT2D eigenvalue weighted by atomic mass is 32.2. The van der Waals surface area contributed by atoms with Gasteiger partial charge in [-0.3, -0.25) is 0 Å². The Labute approximate surface area is 187 Å². The molecule has 2 heterocycles. The Morgan fingerprint density at radius 3 is 2.71 bits per heavy atom. The highest BCUT2D eigenvalue weighted by molar-refractivity contribution is 7.83. The minimum atomic E-state index is -1.04. The van der Waals surface area contributed by atoms with Gasteiger partial charge in [0, 0.05) is 38.0 Å². The Morgan fingerprint density at radius 1 is 1.32 bits per heavy atom. The number of allylic oxidation sites excluding steroid dienone is 1. The van der Waals surface area contributed by atoms with Gasteiger partial charge in [-0.05, 0) is 67.2 Å². The van der Waals surface area contributed by atoms with Crippen molar-refractivity contribution in [3.63, 3.8) is 0 Å². The Balaban J connectivity index is 1.64. The van der Waals surface area contributed by atoms with E-state index in [-0.39, 0.29) is 11.9 Å². The van der Waals surface area contributed by atoms with Crippen LogP contribution in [0.2, 0.25) is 0 Å². The maximum absolute atomic E-state index is 13.5. The van der Waals surface area contributed by atoms with Crippen molar-refractivity contribution in [1.29, 1.82) is 0 Å². The molecule has 1 aliphatic heterocycles. The number of anilines is 1. The molecule has 5 nitrogen and oxygen atoms in total. The van der Waals surface area contributed by atoms with E-state index in [9.17, 15) is 8.60 Å². The lowest BCUT2D eigenvalue weighted by molar-refractivity contribution is 0.217. The Hall–Kier alpha value is -2.09. The van der Waals surface area contributed by atoms with Crippen molar-refractivity contribution in [2.75, 3.05) is 37.5 Å². The molecule has 1 N–H and O–H groups in total. The van der Waals surface area contributed by atoms with Crippen molar-refractivity contribution < 1.29 is 13.3 Å². The Morgan fingerprint density at radius 2 is 2.10 bits per heavy atom. The summed E-state index contributed by atoms with van der Waals surface area (Å²) in [4.78, 5) is 6.99. The first kappa shape index (κ1) is 23.6. The fraction of sp³-hybridized carbons (Fsp3) is 0.458. The van der Waals surface area contributed by atoms with Crippen LogP contribution in [0.25, 0.3) is 5.57 Å². The lowest BCUT2D eigenvalue weighted by Gasteiger charge is -2.33. The van der Waals surface area contributed by atoms with Crippen molar-refractivity contribution in [3.05, 3.63) is 65.1 Å². The first-order valence-corrected chi connectivity index (χ1v) is 12.1. The third-order valence-corrected chi connectivity index (χ3v) is 6.67. The van der Waals surface area contributed by atoms with Gasteiger partial charge in [-0.25, -0.2) is 18.3 Å². The SMILES string of the molecule is CCC=C(c1ccc(N2CCC(NS(=O)CCOC)CC2)nc1)c1ccc(F)cc1C. The van der Waals surface area contributed by atoms with E-state index in [4.69, 9.17) is 9.72 Å². The highest BCUT2D eigenvalue weighted by Gasteiger charge is 2.21. The predicted octanol–water partition coefficient (Wildman–Crippen LogP) is 4.24. The fourth-order valence-electron chi connectivity index (χ4n) is 3.88. The van der Waals surface area contributed by atoms with E-state index in [1.807, 2.05) is 19.2 Å². The summed E-state index contributed by atoms with van der Waals surface area (Å²) in [6.45, 7) is 6.28. The van der Waals surface area contributed by atoms with Crippen molar-refractivity contribution in [3.8, 4) is 0 Å². The average Bonchev–Trinajstić information content (AvgIpc) is 2.77. The van der Waals surface area contributed by atoms with Crippen molar-refractivity contribution >= 4 is 22.4 Å². The number of halogens is 1. The molecule has 1 aromatic carbocycles. The molecule has 1 saturated heterocycles. The molecule has 0 radical (unpaired) electrons. The van der Waals surface area contributed by atoms with Crippen LogP contribution in [-0.2, 0) is 15.7 Å². The van der Waals surface area contributed by atoms with Crippen molar-refractivity contribution in [1.82, 2.24) is 9.71 Å². The molecule has 2 aromatic rings. The lowest BCUT2D eigenvalue weighted by atomic mass is 9.94. The molecule has 0 spiro atoms. The third kappa shape index (κ3) is 6.45. The van der Waals surface area contributed by atoms with Crippen LogP contribution in [-0.4, -0.2) is 47.8 Å². The molecule has 1 unspecified atom stereocenters. The second-order valence-electron chi connectivity index (χ2n) is 7.81. The number of methoxy groups -OCH3 is 1. The summed E-state index contributed by atoms with van der Waals surface area (Å²) in [6, 6.07) is 9.33. The average molecular weight is 446 g/mol. The molecule has 168 valence electrons. The van der Waals surface area contributed by atoms with Gasteiger partial charge >= 0.3 is 0 Å². The summed E-state index contributed by atoms with van der Waals surface area (Å²) in [5, 5.41) is 0. The Kier molecular flexibility index (Phi) is 8.75. The van der Waals surface area contributed by atoms with Crippen LogP contribution in [0.4, 0.5) is 10.2 Å². The van der Waals surface area contributed by atoms with E-state index in [1.54, 1.807) is 13.2 Å². The van der Waals surface area contributed by atoms with Crippen LogP contribution in [0.5, 0.6) is 0 Å². The predicted molar refractivity (Wildman–Crippen MR) is 126 cm³/mol. The second kappa shape index (κ2) is 11.5. The number of aromatic nitrogens is 1. The summed E-state index contributed by atoms with van der Waals surface area (Å²) in [7, 11) is 0.576. The standard InChI is InChI=1S/C24H32FN3O2S/c1-4-5-23(22-8-7-20(25)16-18(22)2)19-6-9-24(26-17-19)28-12-10-21(11-13-28)27-31(29)15-14-30-3/h5-9,16-17,21,27H,4,10-15H2,1-3H3. The first-order chi connectivity index (χ1) is 15.0. The summed E-state index contributed by atoms with van der Waals surface area (Å²) < 4.78 is 33.7. The number of piperidine rings is 1. The molecule has 7 heteroatoms. The highest BCUT2D eigenvalue weighted by Crippen LogP contribution is 2.28. The van der Waals surface area contributed by atoms with Gasteiger partial charge in [0.15, 0.2) is 0 Å². The van der Waals surface area contributed by atoms with Gasteiger partial charge in [-0.1, -0.05) is 19.1 Å². The molecule has 0 aliphatic carbocycles. The van der Waals surface area contributed by atoms with Crippen LogP contribution in [0.15, 0.2) is 42.6 Å². The number of pyridine rings is 1. The first-order valence-electron chi connectivity index (χ1n) is 10.8. The van der Waals surface area contributed by atoms with Gasteiger partial charge in [-0.15, -0.1) is 0 Å². The van der Waals surface area contributed by atoms with Crippen LogP contribution in [0.1, 0.15) is 42.9 Å². The zero-order valence-corrected chi connectivity index (χ0v) is 19.4. The molecule has 0 amide bonds. The summed E-state index contributed by atoms with van der Waals surface area (Å²) in [6.07, 6.45) is 6.82. The normalized spacial score (nSPS) is 16.5. The van der Waals surface area contributed by atoms with Gasteiger partial charge in [0.25, 0.3) is 0 Å². The number of benzene rings is 1. The van der Waals surface area contributed by atoms with E-state index in [0.29, 0.717) is 12.4 Å². The van der Waals surface area contributed by atoms with Crippen molar-refractivity contribution in [2.24, 2.45) is 0 Å². The number of rotatable bonds is 9. The Bertz CT molecular complexity index is 910. The number of hydrogen-bond acceptors (Lipinski definition) is 4. The summed E-state index contributed by atoms with van der Waals surface area (Å²) in [5.41, 5.74) is 4.07. The number of ether oxygens (including phenoxy) is 1. The molecule has 1 atom stereocenters. The molecule has 1 fully saturated rings. The number of nitrogens with zero attached hydrogens (tertiary/aromatic N) is 2. The monoisotopic (exact) mass is 445 g/mol. The fourth-order valence-corrected chi connectivity index (χ4v) is 4.92. The molecule has 1 aliphatic rings. The molecule has 0 saturated carbocycles. The minimum Gasteiger partial charge on any atom is -0.384 e. The quantitative estimate of drug-likeness (QED) is 0.627. The van der Waals surface area contributed by atoms with Gasteiger partial charge in [0.2, 0.25) is 0 Å². The minimum absolute atomic E-state index is 0.217. The maximum atomic E-state index is 13.5. The number of aryl methyl sites for hydroxylation is 1. The smallest absolute Gasteiger partial charge is 0.128 e. The topological polar surface area (TPSA) is 54.5 Å². The van der Waals surface area contributed by atoms with Gasteiger partial charge in [0.1, 0.15) is 11.6 Å². The zero-order chi connectivity index (χ0) is 22.2. The largest absolute Gasteiger partial charge is 0.384 e. The van der Waals surface area contributed by atoms with E-state index in [2.05, 4.69) is 34.8 Å². The van der Waals surface area contributed by atoms with Gasteiger partial charge in [-0.2, -0.15) is 0 Å². The molecule has 31 heavy (non-hydrogen) atoms. The van der Waals surface area contributed by atoms with E-state index >= 15 is 0 Å². The van der Waals surface area contributed by atoms with E-state index in [0.717, 1.165) is 60.4 Å². The van der Waals surface area contributed by atoms with Crippen LogP contribution < -0.4 is 9.62 Å². The molecule has 0 bridgehead atoms. The summed E-state index contributed by atoms with van der Waals surface area (Å²) >= 11 is 0. The molecule has 3 rings (SSSR count). The molecule has 1 aromatic heterocycles. The van der Waals surface area contributed by atoms with E-state index < -0.39 is 11.0 Å². The summed E-state index contributed by atoms with van der Waals surface area (Å²) in [5.74, 6) is 1.25. The van der Waals surface area contributed by atoms with Gasteiger partial charge in [0.05, 0.1) is 23.3 Å².